The van der Waals surface area contributed by atoms with Gasteiger partial charge in [-0.05, 0) is 25.1 Å². The third-order valence-electron chi connectivity index (χ3n) is 2.60. The summed E-state index contributed by atoms with van der Waals surface area (Å²) in [7, 11) is 1.77. The van der Waals surface area contributed by atoms with Gasteiger partial charge >= 0.3 is 0 Å². The molecule has 5 heteroatoms. The molecule has 0 unspecified atom stereocenters. The van der Waals surface area contributed by atoms with Crippen LogP contribution in [0.2, 0.25) is 5.02 Å². The van der Waals surface area contributed by atoms with Gasteiger partial charge in [-0.2, -0.15) is 0 Å². The highest BCUT2D eigenvalue weighted by Crippen LogP contribution is 2.30. The van der Waals surface area contributed by atoms with Gasteiger partial charge in [0.15, 0.2) is 6.29 Å². The molecular formula is C13H13ClN2O2. The number of carbonyl (C=O) groups excluding carboxylic acids is 1. The van der Waals surface area contributed by atoms with Crippen molar-refractivity contribution >= 4 is 17.9 Å². The van der Waals surface area contributed by atoms with Crippen LogP contribution < -0.4 is 4.74 Å². The van der Waals surface area contributed by atoms with Crippen molar-refractivity contribution in [2.45, 2.75) is 6.92 Å². The van der Waals surface area contributed by atoms with Crippen LogP contribution >= 0.6 is 11.6 Å². The molecule has 0 saturated carbocycles. The van der Waals surface area contributed by atoms with E-state index in [1.54, 1.807) is 30.1 Å². The summed E-state index contributed by atoms with van der Waals surface area (Å²) in [6.07, 6.45) is 2.39. The fourth-order valence-corrected chi connectivity index (χ4v) is 1.96. The molecule has 2 rings (SSSR count). The van der Waals surface area contributed by atoms with Gasteiger partial charge in [-0.3, -0.25) is 4.79 Å². The lowest BCUT2D eigenvalue weighted by Crippen LogP contribution is -1.95. The highest BCUT2D eigenvalue weighted by Gasteiger charge is 2.12. The second kappa shape index (κ2) is 5.23. The summed E-state index contributed by atoms with van der Waals surface area (Å²) >= 11 is 6.11. The predicted octanol–water partition coefficient (Wildman–Crippen LogP) is 2.95. The van der Waals surface area contributed by atoms with Crippen LogP contribution in [0.25, 0.3) is 11.3 Å². The Balaban J connectivity index is 2.45. The Morgan fingerprint density at radius 3 is 2.89 bits per heavy atom. The molecule has 0 fully saturated rings. The van der Waals surface area contributed by atoms with Gasteiger partial charge in [-0.15, -0.1) is 0 Å². The number of nitrogens with zero attached hydrogens (tertiary/aromatic N) is 2. The smallest absolute Gasteiger partial charge is 0.168 e. The molecule has 4 nitrogen and oxygen atoms in total. The number of hydrogen-bond donors (Lipinski definition) is 0. The Morgan fingerprint density at radius 2 is 2.28 bits per heavy atom. The summed E-state index contributed by atoms with van der Waals surface area (Å²) in [6.45, 7) is 2.45. The van der Waals surface area contributed by atoms with Crippen molar-refractivity contribution in [1.82, 2.24) is 9.55 Å². The Labute approximate surface area is 110 Å². The number of aldehydes is 1. The molecule has 0 atom stereocenters. The zero-order valence-corrected chi connectivity index (χ0v) is 10.9. The number of carbonyl (C=O) groups is 1. The quantitative estimate of drug-likeness (QED) is 0.798. The molecule has 1 heterocycles. The second-order valence-electron chi connectivity index (χ2n) is 3.79. The lowest BCUT2D eigenvalue weighted by atomic mass is 10.1. The van der Waals surface area contributed by atoms with Crippen LogP contribution in [0.5, 0.6) is 5.75 Å². The lowest BCUT2D eigenvalue weighted by molar-refractivity contribution is 0.111. The molecular weight excluding hydrogens is 252 g/mol. The Hall–Kier alpha value is -1.81. The zero-order chi connectivity index (χ0) is 13.1. The van der Waals surface area contributed by atoms with E-state index in [0.717, 1.165) is 11.8 Å². The van der Waals surface area contributed by atoms with Crippen molar-refractivity contribution < 1.29 is 9.53 Å². The van der Waals surface area contributed by atoms with Crippen molar-refractivity contribution in [1.29, 1.82) is 0 Å². The highest BCUT2D eigenvalue weighted by molar-refractivity contribution is 6.32. The Morgan fingerprint density at radius 1 is 1.50 bits per heavy atom. The number of rotatable bonds is 4. The summed E-state index contributed by atoms with van der Waals surface area (Å²) in [5.74, 6) is 0.631. The van der Waals surface area contributed by atoms with E-state index < -0.39 is 0 Å². The summed E-state index contributed by atoms with van der Waals surface area (Å²) in [4.78, 5) is 15.2. The van der Waals surface area contributed by atoms with Crippen molar-refractivity contribution in [2.24, 2.45) is 7.05 Å². The standard InChI is InChI=1S/C13H13ClN2O2/c1-3-18-12-5-4-9(6-10(12)14)13-11(7-17)16(2)8-15-13/h4-8H,3H2,1-2H3. The van der Waals surface area contributed by atoms with Crippen molar-refractivity contribution in [3.8, 4) is 17.0 Å². The number of aromatic nitrogens is 2. The maximum Gasteiger partial charge on any atom is 0.168 e. The van der Waals surface area contributed by atoms with E-state index in [1.165, 1.54) is 0 Å². The van der Waals surface area contributed by atoms with Crippen molar-refractivity contribution in [3.63, 3.8) is 0 Å². The van der Waals surface area contributed by atoms with Crippen molar-refractivity contribution in [2.75, 3.05) is 6.61 Å². The Bertz CT molecular complexity index is 578. The first-order valence-electron chi connectivity index (χ1n) is 5.56. The molecule has 1 aromatic carbocycles. The molecule has 0 amide bonds. The third-order valence-corrected chi connectivity index (χ3v) is 2.89. The molecule has 0 radical (unpaired) electrons. The molecule has 0 saturated heterocycles. The predicted molar refractivity (Wildman–Crippen MR) is 70.2 cm³/mol. The van der Waals surface area contributed by atoms with E-state index in [1.807, 2.05) is 13.0 Å². The average Bonchev–Trinajstić information content (AvgIpc) is 2.73. The first-order chi connectivity index (χ1) is 8.67. The van der Waals surface area contributed by atoms with Gasteiger partial charge in [0.2, 0.25) is 0 Å². The normalized spacial score (nSPS) is 10.4. The van der Waals surface area contributed by atoms with Crippen LogP contribution in [-0.2, 0) is 7.05 Å². The van der Waals surface area contributed by atoms with Gasteiger partial charge in [-0.1, -0.05) is 11.6 Å². The zero-order valence-electron chi connectivity index (χ0n) is 10.2. The minimum absolute atomic E-state index is 0.511. The molecule has 1 aromatic heterocycles. The van der Waals surface area contributed by atoms with Crippen LogP contribution in [0, 0.1) is 0 Å². The van der Waals surface area contributed by atoms with Gasteiger partial charge in [0.05, 0.1) is 23.7 Å². The molecule has 2 aromatic rings. The number of halogens is 1. The van der Waals surface area contributed by atoms with Crippen LogP contribution in [0.3, 0.4) is 0 Å². The molecule has 18 heavy (non-hydrogen) atoms. The minimum atomic E-state index is 0.511. The SMILES string of the molecule is CCOc1ccc(-c2ncn(C)c2C=O)cc1Cl. The van der Waals surface area contributed by atoms with Gasteiger partial charge in [-0.25, -0.2) is 4.98 Å². The number of benzene rings is 1. The van der Waals surface area contributed by atoms with Gasteiger partial charge in [0.1, 0.15) is 11.4 Å². The average molecular weight is 265 g/mol. The van der Waals surface area contributed by atoms with Crippen LogP contribution in [0.4, 0.5) is 0 Å². The molecule has 94 valence electrons. The summed E-state index contributed by atoms with van der Waals surface area (Å²) in [5, 5.41) is 0.511. The summed E-state index contributed by atoms with van der Waals surface area (Å²) in [6, 6.07) is 5.37. The maximum absolute atomic E-state index is 11.0. The van der Waals surface area contributed by atoms with Gasteiger partial charge in [0, 0.05) is 12.6 Å². The molecule has 0 aliphatic carbocycles. The topological polar surface area (TPSA) is 44.1 Å². The summed E-state index contributed by atoms with van der Waals surface area (Å²) in [5.41, 5.74) is 1.94. The fraction of sp³-hybridized carbons (Fsp3) is 0.231. The lowest BCUT2D eigenvalue weighted by Gasteiger charge is -2.07. The molecule has 0 N–H and O–H groups in total. The first kappa shape index (κ1) is 12.6. The maximum atomic E-state index is 11.0. The number of hydrogen-bond acceptors (Lipinski definition) is 3. The largest absolute Gasteiger partial charge is 0.492 e. The van der Waals surface area contributed by atoms with Gasteiger partial charge < -0.3 is 9.30 Å². The number of imidazole rings is 1. The van der Waals surface area contributed by atoms with E-state index in [4.69, 9.17) is 16.3 Å². The van der Waals surface area contributed by atoms with Crippen molar-refractivity contribution in [3.05, 3.63) is 35.2 Å². The molecule has 0 aliphatic rings. The van der Waals surface area contributed by atoms with E-state index in [9.17, 15) is 4.79 Å². The van der Waals surface area contributed by atoms with E-state index in [2.05, 4.69) is 4.98 Å². The number of aryl methyl sites for hydroxylation is 1. The highest BCUT2D eigenvalue weighted by atomic mass is 35.5. The van der Waals surface area contributed by atoms with E-state index in [0.29, 0.717) is 28.8 Å². The molecule has 0 spiro atoms. The number of ether oxygens (including phenoxy) is 1. The fourth-order valence-electron chi connectivity index (χ4n) is 1.72. The van der Waals surface area contributed by atoms with E-state index in [-0.39, 0.29) is 0 Å². The minimum Gasteiger partial charge on any atom is -0.492 e. The third kappa shape index (κ3) is 2.24. The van der Waals surface area contributed by atoms with Crippen LogP contribution in [0.15, 0.2) is 24.5 Å². The van der Waals surface area contributed by atoms with Crippen LogP contribution in [0.1, 0.15) is 17.4 Å². The molecule has 0 bridgehead atoms. The monoisotopic (exact) mass is 264 g/mol. The molecule has 0 aliphatic heterocycles. The second-order valence-corrected chi connectivity index (χ2v) is 4.19. The first-order valence-corrected chi connectivity index (χ1v) is 5.94. The summed E-state index contributed by atoms with van der Waals surface area (Å²) < 4.78 is 7.04. The van der Waals surface area contributed by atoms with Crippen LogP contribution in [-0.4, -0.2) is 22.4 Å². The van der Waals surface area contributed by atoms with Gasteiger partial charge in [0.25, 0.3) is 0 Å². The Kier molecular flexibility index (Phi) is 3.67. The van der Waals surface area contributed by atoms with E-state index >= 15 is 0 Å².